The molecule has 0 fully saturated rings. The maximum Gasteiger partial charge on any atom is 0.337 e. The molecule has 1 heterocycles. The van der Waals surface area contributed by atoms with Crippen molar-refractivity contribution < 1.29 is 9.53 Å². The van der Waals surface area contributed by atoms with Crippen LogP contribution in [-0.4, -0.2) is 23.0 Å². The van der Waals surface area contributed by atoms with Crippen molar-refractivity contribution in [3.63, 3.8) is 0 Å². The van der Waals surface area contributed by atoms with Crippen molar-refractivity contribution in [3.05, 3.63) is 58.4 Å². The topological polar surface area (TPSA) is 55.0 Å². The zero-order valence-corrected chi connectivity index (χ0v) is 14.3. The smallest absolute Gasteiger partial charge is 0.337 e. The molecule has 5 heteroatoms. The van der Waals surface area contributed by atoms with Crippen LogP contribution in [0.1, 0.15) is 30.0 Å². The molecule has 0 unspecified atom stereocenters. The number of halogens is 1. The van der Waals surface area contributed by atoms with E-state index in [1.807, 2.05) is 38.2 Å². The van der Waals surface area contributed by atoms with Crippen molar-refractivity contribution in [1.82, 2.24) is 9.97 Å². The highest BCUT2D eigenvalue weighted by Gasteiger charge is 2.09. The number of allylic oxidation sites excluding steroid dienone is 6. The van der Waals surface area contributed by atoms with Crippen molar-refractivity contribution in [3.8, 4) is 0 Å². The predicted molar refractivity (Wildman–Crippen MR) is 92.9 cm³/mol. The molecule has 1 N–H and O–H groups in total. The van der Waals surface area contributed by atoms with E-state index in [9.17, 15) is 4.79 Å². The molecule has 0 radical (unpaired) electrons. The number of carbonyl (C=O) groups excluding carboxylic acids is 1. The summed E-state index contributed by atoms with van der Waals surface area (Å²) < 4.78 is 5.78. The van der Waals surface area contributed by atoms with Gasteiger partial charge in [-0.15, -0.1) is 0 Å². The summed E-state index contributed by atoms with van der Waals surface area (Å²) in [6.45, 7) is 3.92. The summed E-state index contributed by atoms with van der Waals surface area (Å²) in [6, 6.07) is 5.26. The minimum atomic E-state index is -0.359. The lowest BCUT2D eigenvalue weighted by Gasteiger charge is -1.97. The third kappa shape index (κ3) is 3.74. The number of carbonyl (C=O) groups is 1. The molecule has 0 saturated carbocycles. The number of aromatic nitrogens is 2. The molecule has 0 spiro atoms. The minimum Gasteiger partial charge on any atom is -0.465 e. The van der Waals surface area contributed by atoms with Crippen LogP contribution in [0.4, 0.5) is 0 Å². The van der Waals surface area contributed by atoms with Gasteiger partial charge in [-0.3, -0.25) is 0 Å². The fraction of sp³-hybridized carbons (Fsp3) is 0.176. The third-order valence-electron chi connectivity index (χ3n) is 3.09. The van der Waals surface area contributed by atoms with E-state index in [-0.39, 0.29) is 5.97 Å². The Hall–Kier alpha value is -2.14. The van der Waals surface area contributed by atoms with Gasteiger partial charge in [0.25, 0.3) is 0 Å². The van der Waals surface area contributed by atoms with Crippen LogP contribution in [0.2, 0.25) is 0 Å². The second-order valence-electron chi connectivity index (χ2n) is 4.67. The molecule has 2 rings (SSSR count). The summed E-state index contributed by atoms with van der Waals surface area (Å²) in [5.41, 5.74) is 3.09. The van der Waals surface area contributed by atoms with Gasteiger partial charge >= 0.3 is 5.97 Å². The molecule has 114 valence electrons. The highest BCUT2D eigenvalue weighted by molar-refractivity contribution is 9.11. The average Bonchev–Trinajstić information content (AvgIpc) is 2.93. The molecular weight excluding hydrogens is 344 g/mol. The van der Waals surface area contributed by atoms with Crippen LogP contribution in [0.3, 0.4) is 0 Å². The second-order valence-corrected chi connectivity index (χ2v) is 5.92. The number of hydrogen-bond donors (Lipinski definition) is 1. The standard InChI is InChI=1S/C17H17BrN2O2/c1-4-12(7-5-6-11(2)18)16-19-14-9-8-13(17(21)22-3)10-15(14)20-16/h4-10H,1-3H3,(H,19,20)/b7-5-,11-6+,12-4+. The molecule has 4 nitrogen and oxygen atoms in total. The van der Waals surface area contributed by atoms with E-state index in [0.717, 1.165) is 26.9 Å². The lowest BCUT2D eigenvalue weighted by Crippen LogP contribution is -2.00. The number of nitrogens with one attached hydrogen (secondary N) is 1. The molecule has 1 aromatic carbocycles. The zero-order chi connectivity index (χ0) is 16.1. The normalized spacial score (nSPS) is 13.1. The largest absolute Gasteiger partial charge is 0.465 e. The SMILES string of the molecule is C\C=C(/C=C\C=C(/C)Br)c1nc2ccc(C(=O)OC)cc2[nH]1. The number of methoxy groups -OCH3 is 1. The molecule has 2 aromatic rings. The number of hydrogen-bond acceptors (Lipinski definition) is 3. The number of fused-ring (bicyclic) bond motifs is 1. The Balaban J connectivity index is 2.37. The van der Waals surface area contributed by atoms with Crippen LogP contribution < -0.4 is 0 Å². The van der Waals surface area contributed by atoms with Crippen LogP contribution in [0.5, 0.6) is 0 Å². The minimum absolute atomic E-state index is 0.359. The number of esters is 1. The first kappa shape index (κ1) is 16.2. The maximum atomic E-state index is 11.6. The molecule has 1 aromatic heterocycles. The lowest BCUT2D eigenvalue weighted by atomic mass is 10.2. The predicted octanol–water partition coefficient (Wildman–Crippen LogP) is 4.61. The van der Waals surface area contributed by atoms with E-state index in [4.69, 9.17) is 4.74 Å². The monoisotopic (exact) mass is 360 g/mol. The highest BCUT2D eigenvalue weighted by atomic mass is 79.9. The first-order valence-corrected chi connectivity index (χ1v) is 7.59. The Kier molecular flexibility index (Phi) is 5.33. The molecule has 0 bridgehead atoms. The van der Waals surface area contributed by atoms with Gasteiger partial charge in [-0.2, -0.15) is 0 Å². The van der Waals surface area contributed by atoms with Gasteiger partial charge in [0.1, 0.15) is 5.82 Å². The molecule has 0 aliphatic rings. The second kappa shape index (κ2) is 7.22. The fourth-order valence-electron chi connectivity index (χ4n) is 1.99. The molecule has 0 aliphatic heterocycles. The molecule has 0 atom stereocenters. The maximum absolute atomic E-state index is 11.6. The van der Waals surface area contributed by atoms with Crippen molar-refractivity contribution in [1.29, 1.82) is 0 Å². The molecule has 0 saturated heterocycles. The van der Waals surface area contributed by atoms with Gasteiger partial charge in [0, 0.05) is 5.57 Å². The van der Waals surface area contributed by atoms with E-state index in [1.165, 1.54) is 7.11 Å². The van der Waals surface area contributed by atoms with E-state index in [0.29, 0.717) is 5.56 Å². The number of imidazole rings is 1. The Morgan fingerprint density at radius 3 is 2.82 bits per heavy atom. The van der Waals surface area contributed by atoms with E-state index in [2.05, 4.69) is 25.9 Å². The highest BCUT2D eigenvalue weighted by Crippen LogP contribution is 2.20. The van der Waals surface area contributed by atoms with Gasteiger partial charge in [0.2, 0.25) is 0 Å². The number of rotatable bonds is 4. The number of H-pyrrole nitrogens is 1. The molecule has 22 heavy (non-hydrogen) atoms. The van der Waals surface area contributed by atoms with Gasteiger partial charge in [0.15, 0.2) is 0 Å². The van der Waals surface area contributed by atoms with Crippen LogP contribution in [0, 0.1) is 0 Å². The van der Waals surface area contributed by atoms with Crippen molar-refractivity contribution >= 4 is 38.5 Å². The number of aromatic amines is 1. The van der Waals surface area contributed by atoms with Crippen molar-refractivity contribution in [2.75, 3.05) is 7.11 Å². The first-order chi connectivity index (χ1) is 10.5. The van der Waals surface area contributed by atoms with Gasteiger partial charge in [-0.05, 0) is 36.5 Å². The van der Waals surface area contributed by atoms with Crippen LogP contribution in [0.15, 0.2) is 47.0 Å². The third-order valence-corrected chi connectivity index (χ3v) is 3.35. The quantitative estimate of drug-likeness (QED) is 0.639. The first-order valence-electron chi connectivity index (χ1n) is 6.80. The Morgan fingerprint density at radius 1 is 1.41 bits per heavy atom. The van der Waals surface area contributed by atoms with E-state index < -0.39 is 0 Å². The van der Waals surface area contributed by atoms with Crippen molar-refractivity contribution in [2.24, 2.45) is 0 Å². The fourth-order valence-corrected chi connectivity index (χ4v) is 2.14. The Labute approximate surface area is 137 Å². The van der Waals surface area contributed by atoms with Crippen LogP contribution in [0.25, 0.3) is 16.6 Å². The van der Waals surface area contributed by atoms with Crippen LogP contribution in [-0.2, 0) is 4.74 Å². The number of ether oxygens (including phenoxy) is 1. The molecule has 0 amide bonds. The summed E-state index contributed by atoms with van der Waals surface area (Å²) in [4.78, 5) is 19.4. The van der Waals surface area contributed by atoms with Gasteiger partial charge in [-0.1, -0.05) is 40.2 Å². The van der Waals surface area contributed by atoms with E-state index >= 15 is 0 Å². The van der Waals surface area contributed by atoms with E-state index in [1.54, 1.807) is 18.2 Å². The summed E-state index contributed by atoms with van der Waals surface area (Å²) >= 11 is 3.38. The Morgan fingerprint density at radius 2 is 2.18 bits per heavy atom. The molecule has 0 aliphatic carbocycles. The summed E-state index contributed by atoms with van der Waals surface area (Å²) in [5.74, 6) is 0.401. The average molecular weight is 361 g/mol. The van der Waals surface area contributed by atoms with Gasteiger partial charge in [-0.25, -0.2) is 9.78 Å². The summed E-state index contributed by atoms with van der Waals surface area (Å²) in [7, 11) is 1.37. The van der Waals surface area contributed by atoms with Gasteiger partial charge < -0.3 is 9.72 Å². The van der Waals surface area contributed by atoms with Crippen molar-refractivity contribution in [2.45, 2.75) is 13.8 Å². The lowest BCUT2D eigenvalue weighted by molar-refractivity contribution is 0.0601. The summed E-state index contributed by atoms with van der Waals surface area (Å²) in [6.07, 6.45) is 7.87. The zero-order valence-electron chi connectivity index (χ0n) is 12.7. The molecular formula is C17H17BrN2O2. The van der Waals surface area contributed by atoms with Crippen LogP contribution >= 0.6 is 15.9 Å². The number of nitrogens with zero attached hydrogens (tertiary/aromatic N) is 1. The number of benzene rings is 1. The van der Waals surface area contributed by atoms with Gasteiger partial charge in [0.05, 0.1) is 23.7 Å². The summed E-state index contributed by atoms with van der Waals surface area (Å²) in [5, 5.41) is 0. The Bertz CT molecular complexity index is 781.